The van der Waals surface area contributed by atoms with E-state index in [0.717, 1.165) is 19.4 Å². The molecule has 17 heavy (non-hydrogen) atoms. The Morgan fingerprint density at radius 2 is 2.06 bits per heavy atom. The monoisotopic (exact) mass is 233 g/mol. The molecule has 0 bridgehead atoms. The van der Waals surface area contributed by atoms with E-state index >= 15 is 0 Å². The van der Waals surface area contributed by atoms with Crippen LogP contribution in [0.4, 0.5) is 0 Å². The third-order valence-corrected chi connectivity index (χ3v) is 3.11. The predicted octanol–water partition coefficient (Wildman–Crippen LogP) is 3.13. The van der Waals surface area contributed by atoms with Crippen LogP contribution in [0.2, 0.25) is 0 Å². The Bertz CT molecular complexity index is 323. The number of hydrogen-bond donors (Lipinski definition) is 1. The lowest BCUT2D eigenvalue weighted by atomic mass is 9.86. The molecule has 0 saturated carbocycles. The minimum atomic E-state index is 0.0517. The first-order valence-corrected chi connectivity index (χ1v) is 6.15. The zero-order valence-corrected chi connectivity index (χ0v) is 10.7. The molecule has 0 fully saturated rings. The van der Waals surface area contributed by atoms with Crippen LogP contribution < -0.4 is 5.73 Å². The quantitative estimate of drug-likeness (QED) is 0.553. The first kappa shape index (κ1) is 13.9. The first-order valence-electron chi connectivity index (χ1n) is 6.15. The number of benzene rings is 1. The van der Waals surface area contributed by atoms with E-state index in [1.165, 1.54) is 5.56 Å². The highest BCUT2D eigenvalue weighted by Crippen LogP contribution is 2.22. The average Bonchev–Trinajstić information content (AvgIpc) is 2.39. The third kappa shape index (κ3) is 5.16. The van der Waals surface area contributed by atoms with Crippen LogP contribution in [0.1, 0.15) is 25.3 Å². The Balaban J connectivity index is 2.15. The van der Waals surface area contributed by atoms with Crippen LogP contribution in [0, 0.1) is 5.41 Å². The van der Waals surface area contributed by atoms with E-state index in [-0.39, 0.29) is 5.41 Å². The number of nitrogens with two attached hydrogens (primary N) is 1. The fourth-order valence-electron chi connectivity index (χ4n) is 1.63. The molecule has 2 nitrogen and oxygen atoms in total. The lowest BCUT2D eigenvalue weighted by Gasteiger charge is -2.23. The summed E-state index contributed by atoms with van der Waals surface area (Å²) >= 11 is 0. The second-order valence-electron chi connectivity index (χ2n) is 4.70. The van der Waals surface area contributed by atoms with Gasteiger partial charge in [0.05, 0.1) is 6.61 Å². The molecular weight excluding hydrogens is 210 g/mol. The van der Waals surface area contributed by atoms with Gasteiger partial charge in [0, 0.05) is 13.2 Å². The van der Waals surface area contributed by atoms with Crippen molar-refractivity contribution in [2.75, 3.05) is 13.2 Å². The number of rotatable bonds is 8. The minimum Gasteiger partial charge on any atom is -0.377 e. The van der Waals surface area contributed by atoms with Gasteiger partial charge in [-0.2, -0.15) is 0 Å². The van der Waals surface area contributed by atoms with Gasteiger partial charge in [-0.1, -0.05) is 43.3 Å². The molecule has 0 aliphatic rings. The van der Waals surface area contributed by atoms with E-state index in [1.807, 2.05) is 24.3 Å². The van der Waals surface area contributed by atoms with E-state index in [9.17, 15) is 0 Å². The van der Waals surface area contributed by atoms with Crippen molar-refractivity contribution in [3.8, 4) is 0 Å². The Morgan fingerprint density at radius 3 is 2.65 bits per heavy atom. The van der Waals surface area contributed by atoms with Gasteiger partial charge in [0.15, 0.2) is 0 Å². The van der Waals surface area contributed by atoms with Crippen molar-refractivity contribution in [1.29, 1.82) is 0 Å². The predicted molar refractivity (Wildman–Crippen MR) is 72.7 cm³/mol. The minimum absolute atomic E-state index is 0.0517. The molecule has 0 aliphatic carbocycles. The summed E-state index contributed by atoms with van der Waals surface area (Å²) in [6.07, 6.45) is 4.00. The molecule has 0 aromatic heterocycles. The van der Waals surface area contributed by atoms with Crippen molar-refractivity contribution in [3.63, 3.8) is 0 Å². The summed E-state index contributed by atoms with van der Waals surface area (Å²) in [6.45, 7) is 8.08. The van der Waals surface area contributed by atoms with Crippen molar-refractivity contribution < 1.29 is 4.74 Å². The summed E-state index contributed by atoms with van der Waals surface area (Å²) in [5, 5.41) is 0. The largest absolute Gasteiger partial charge is 0.377 e. The molecule has 0 spiro atoms. The van der Waals surface area contributed by atoms with Gasteiger partial charge in [-0.05, 0) is 23.8 Å². The molecule has 2 N–H and O–H groups in total. The van der Waals surface area contributed by atoms with Gasteiger partial charge >= 0.3 is 0 Å². The van der Waals surface area contributed by atoms with Crippen LogP contribution in [-0.4, -0.2) is 13.2 Å². The maximum Gasteiger partial charge on any atom is 0.0716 e. The topological polar surface area (TPSA) is 35.2 Å². The Labute approximate surface area is 104 Å². The molecule has 1 aromatic carbocycles. The number of hydrogen-bond acceptors (Lipinski definition) is 2. The molecule has 1 aromatic rings. The van der Waals surface area contributed by atoms with E-state index in [0.29, 0.717) is 13.2 Å². The van der Waals surface area contributed by atoms with Crippen LogP contribution >= 0.6 is 0 Å². The maximum absolute atomic E-state index is 5.71. The lowest BCUT2D eigenvalue weighted by Crippen LogP contribution is -2.25. The lowest BCUT2D eigenvalue weighted by molar-refractivity contribution is 0.111. The average molecular weight is 233 g/mol. The second kappa shape index (κ2) is 7.25. The zero-order valence-electron chi connectivity index (χ0n) is 10.7. The summed E-state index contributed by atoms with van der Waals surface area (Å²) in [5.74, 6) is 0. The van der Waals surface area contributed by atoms with Gasteiger partial charge < -0.3 is 10.5 Å². The van der Waals surface area contributed by atoms with Crippen LogP contribution in [0.3, 0.4) is 0 Å². The van der Waals surface area contributed by atoms with E-state index in [2.05, 4.69) is 25.6 Å². The van der Waals surface area contributed by atoms with Crippen molar-refractivity contribution in [1.82, 2.24) is 0 Å². The molecule has 1 atom stereocenters. The zero-order chi connectivity index (χ0) is 12.6. The second-order valence-corrected chi connectivity index (χ2v) is 4.70. The molecule has 1 unspecified atom stereocenters. The fourth-order valence-corrected chi connectivity index (χ4v) is 1.63. The summed E-state index contributed by atoms with van der Waals surface area (Å²) in [7, 11) is 0. The van der Waals surface area contributed by atoms with Crippen molar-refractivity contribution in [2.24, 2.45) is 11.1 Å². The highest BCUT2D eigenvalue weighted by atomic mass is 16.5. The van der Waals surface area contributed by atoms with Crippen molar-refractivity contribution in [3.05, 3.63) is 48.6 Å². The molecule has 0 heterocycles. The number of ether oxygens (including phenoxy) is 1. The summed E-state index contributed by atoms with van der Waals surface area (Å²) < 4.78 is 5.63. The van der Waals surface area contributed by atoms with Gasteiger partial charge in [0.25, 0.3) is 0 Å². The van der Waals surface area contributed by atoms with E-state index in [1.54, 1.807) is 0 Å². The van der Waals surface area contributed by atoms with Crippen LogP contribution in [0.25, 0.3) is 0 Å². The smallest absolute Gasteiger partial charge is 0.0716 e. The summed E-state index contributed by atoms with van der Waals surface area (Å²) in [5.41, 5.74) is 6.98. The van der Waals surface area contributed by atoms with E-state index in [4.69, 9.17) is 10.5 Å². The highest BCUT2D eigenvalue weighted by molar-refractivity contribution is 5.13. The van der Waals surface area contributed by atoms with Crippen molar-refractivity contribution >= 4 is 0 Å². The first-order chi connectivity index (χ1) is 8.20. The third-order valence-electron chi connectivity index (χ3n) is 3.11. The van der Waals surface area contributed by atoms with E-state index < -0.39 is 0 Å². The fraction of sp³-hybridized carbons (Fsp3) is 0.467. The van der Waals surface area contributed by atoms with Crippen molar-refractivity contribution in [2.45, 2.75) is 26.4 Å². The van der Waals surface area contributed by atoms with Gasteiger partial charge in [-0.3, -0.25) is 0 Å². The summed E-state index contributed by atoms with van der Waals surface area (Å²) in [4.78, 5) is 0. The van der Waals surface area contributed by atoms with Crippen LogP contribution in [-0.2, 0) is 11.3 Å². The molecular formula is C15H23NO. The molecule has 2 heteroatoms. The highest BCUT2D eigenvalue weighted by Gasteiger charge is 2.16. The van der Waals surface area contributed by atoms with Gasteiger partial charge in [-0.15, -0.1) is 6.58 Å². The summed E-state index contributed by atoms with van der Waals surface area (Å²) in [6, 6.07) is 10.2. The molecule has 0 amide bonds. The Hall–Kier alpha value is -1.12. The van der Waals surface area contributed by atoms with Crippen LogP contribution in [0.5, 0.6) is 0 Å². The van der Waals surface area contributed by atoms with Gasteiger partial charge in [0.1, 0.15) is 0 Å². The SMILES string of the molecule is C=CC(C)(CN)CCCOCc1ccccc1. The van der Waals surface area contributed by atoms with Crippen LogP contribution in [0.15, 0.2) is 43.0 Å². The molecule has 0 saturated heterocycles. The molecule has 1 rings (SSSR count). The molecule has 0 aliphatic heterocycles. The maximum atomic E-state index is 5.71. The Morgan fingerprint density at radius 1 is 1.35 bits per heavy atom. The molecule has 94 valence electrons. The Kier molecular flexibility index (Phi) is 5.95. The normalized spacial score (nSPS) is 14.2. The molecule has 0 radical (unpaired) electrons. The van der Waals surface area contributed by atoms with Gasteiger partial charge in [-0.25, -0.2) is 0 Å². The standard InChI is InChI=1S/C15H23NO/c1-3-15(2,13-16)10-7-11-17-12-14-8-5-4-6-9-14/h3-6,8-9H,1,7,10-13,16H2,2H3. The van der Waals surface area contributed by atoms with Gasteiger partial charge in [0.2, 0.25) is 0 Å².